The number of carbonyl (C=O) groups is 2. The number of carboxylic acids is 1. The van der Waals surface area contributed by atoms with Gasteiger partial charge in [-0.3, -0.25) is 4.90 Å². The summed E-state index contributed by atoms with van der Waals surface area (Å²) in [5.74, 6) is -0.840. The molecule has 5 heteroatoms. The van der Waals surface area contributed by atoms with E-state index in [0.717, 1.165) is 6.42 Å². The van der Waals surface area contributed by atoms with Gasteiger partial charge in [-0.1, -0.05) is 24.3 Å². The molecule has 0 saturated carbocycles. The van der Waals surface area contributed by atoms with E-state index >= 15 is 0 Å². The van der Waals surface area contributed by atoms with Gasteiger partial charge in [0.05, 0.1) is 0 Å². The molecule has 0 bridgehead atoms. The molecular formula is C18H25NO4. The van der Waals surface area contributed by atoms with E-state index in [1.807, 2.05) is 25.1 Å². The third-order valence-corrected chi connectivity index (χ3v) is 4.07. The van der Waals surface area contributed by atoms with Crippen LogP contribution in [0, 0.1) is 12.8 Å². The molecule has 0 unspecified atom stereocenters. The van der Waals surface area contributed by atoms with Crippen molar-refractivity contribution in [3.05, 3.63) is 35.4 Å². The Morgan fingerprint density at radius 1 is 1.30 bits per heavy atom. The molecule has 0 radical (unpaired) electrons. The molecule has 5 nitrogen and oxygen atoms in total. The Morgan fingerprint density at radius 2 is 1.96 bits per heavy atom. The van der Waals surface area contributed by atoms with Crippen molar-refractivity contribution in [3.63, 3.8) is 0 Å². The highest BCUT2D eigenvalue weighted by Crippen LogP contribution is 2.29. The summed E-state index contributed by atoms with van der Waals surface area (Å²) in [6, 6.07) is 7.27. The molecule has 1 aliphatic rings. The predicted molar refractivity (Wildman–Crippen MR) is 87.4 cm³/mol. The van der Waals surface area contributed by atoms with Gasteiger partial charge in [0.1, 0.15) is 11.6 Å². The number of rotatable bonds is 3. The second-order valence-electron chi connectivity index (χ2n) is 7.22. The van der Waals surface area contributed by atoms with Crippen molar-refractivity contribution >= 4 is 12.1 Å². The smallest absolute Gasteiger partial charge is 0.411 e. The van der Waals surface area contributed by atoms with Crippen LogP contribution in [0.15, 0.2) is 24.3 Å². The lowest BCUT2D eigenvalue weighted by molar-refractivity contribution is -0.142. The molecular weight excluding hydrogens is 294 g/mol. The van der Waals surface area contributed by atoms with Crippen molar-refractivity contribution < 1.29 is 19.4 Å². The van der Waals surface area contributed by atoms with Crippen molar-refractivity contribution in [2.24, 2.45) is 5.92 Å². The summed E-state index contributed by atoms with van der Waals surface area (Å²) in [6.45, 7) is 7.80. The zero-order valence-corrected chi connectivity index (χ0v) is 14.2. The fraction of sp³-hybridized carbons (Fsp3) is 0.556. The fourth-order valence-corrected chi connectivity index (χ4v) is 2.98. The maximum atomic E-state index is 12.3. The number of likely N-dealkylation sites (tertiary alicyclic amines) is 1. The van der Waals surface area contributed by atoms with Crippen LogP contribution in [0.3, 0.4) is 0 Å². The van der Waals surface area contributed by atoms with Gasteiger partial charge in [-0.25, -0.2) is 9.59 Å². The number of carbonyl (C=O) groups excluding carboxylic acids is 1. The molecule has 1 heterocycles. The van der Waals surface area contributed by atoms with Gasteiger partial charge >= 0.3 is 12.1 Å². The molecule has 0 aromatic heterocycles. The molecule has 0 aliphatic carbocycles. The number of aryl methyl sites for hydroxylation is 1. The van der Waals surface area contributed by atoms with Gasteiger partial charge < -0.3 is 9.84 Å². The Morgan fingerprint density at radius 3 is 2.52 bits per heavy atom. The average molecular weight is 319 g/mol. The van der Waals surface area contributed by atoms with Crippen molar-refractivity contribution in [1.82, 2.24) is 4.90 Å². The van der Waals surface area contributed by atoms with Crippen LogP contribution in [-0.2, 0) is 16.0 Å². The van der Waals surface area contributed by atoms with E-state index in [1.165, 1.54) is 16.0 Å². The van der Waals surface area contributed by atoms with Gasteiger partial charge in [-0.2, -0.15) is 0 Å². The molecule has 0 spiro atoms. The van der Waals surface area contributed by atoms with Crippen LogP contribution in [0.5, 0.6) is 0 Å². The van der Waals surface area contributed by atoms with E-state index in [2.05, 4.69) is 6.07 Å². The standard InChI is InChI=1S/C18H25NO4/c1-12-7-5-6-8-14(12)9-13-10-15(16(20)21)19(11-13)17(22)23-18(2,3)4/h5-8,13,15H,9-11H2,1-4H3,(H,20,21)/t13-,15+/m1/s1. The second kappa shape index (κ2) is 6.60. The minimum Gasteiger partial charge on any atom is -0.480 e. The van der Waals surface area contributed by atoms with Crippen LogP contribution in [0.4, 0.5) is 4.79 Å². The Kier molecular flexibility index (Phi) is 4.97. The summed E-state index contributed by atoms with van der Waals surface area (Å²) >= 11 is 0. The highest BCUT2D eigenvalue weighted by atomic mass is 16.6. The normalized spacial score (nSPS) is 21.3. The predicted octanol–water partition coefficient (Wildman–Crippen LogP) is 3.25. The van der Waals surface area contributed by atoms with Gasteiger partial charge in [0.15, 0.2) is 0 Å². The number of nitrogens with zero attached hydrogens (tertiary/aromatic N) is 1. The first-order chi connectivity index (χ1) is 10.7. The third kappa shape index (κ3) is 4.47. The van der Waals surface area contributed by atoms with E-state index < -0.39 is 23.7 Å². The van der Waals surface area contributed by atoms with Gasteiger partial charge in [-0.15, -0.1) is 0 Å². The third-order valence-electron chi connectivity index (χ3n) is 4.07. The van der Waals surface area contributed by atoms with E-state index in [0.29, 0.717) is 13.0 Å². The summed E-state index contributed by atoms with van der Waals surface area (Å²) in [6.07, 6.45) is 0.691. The van der Waals surface area contributed by atoms with Crippen molar-refractivity contribution in [2.75, 3.05) is 6.54 Å². The molecule has 126 valence electrons. The Balaban J connectivity index is 2.10. The van der Waals surface area contributed by atoms with Crippen molar-refractivity contribution in [2.45, 2.75) is 52.2 Å². The molecule has 2 atom stereocenters. The Bertz CT molecular complexity index is 591. The second-order valence-corrected chi connectivity index (χ2v) is 7.22. The summed E-state index contributed by atoms with van der Waals surface area (Å²) in [5, 5.41) is 9.42. The monoisotopic (exact) mass is 319 g/mol. The Labute approximate surface area is 137 Å². The van der Waals surface area contributed by atoms with Crippen LogP contribution in [0.25, 0.3) is 0 Å². The largest absolute Gasteiger partial charge is 0.480 e. The molecule has 1 N–H and O–H groups in total. The lowest BCUT2D eigenvalue weighted by atomic mass is 9.94. The van der Waals surface area contributed by atoms with Crippen molar-refractivity contribution in [1.29, 1.82) is 0 Å². The minimum atomic E-state index is -0.969. The molecule has 2 rings (SSSR count). The first-order valence-corrected chi connectivity index (χ1v) is 7.94. The number of benzene rings is 1. The number of hydrogen-bond acceptors (Lipinski definition) is 3. The fourth-order valence-electron chi connectivity index (χ4n) is 2.98. The van der Waals surface area contributed by atoms with E-state index in [4.69, 9.17) is 4.74 Å². The van der Waals surface area contributed by atoms with E-state index in [9.17, 15) is 14.7 Å². The lowest BCUT2D eigenvalue weighted by Crippen LogP contribution is -2.43. The molecule has 1 amide bonds. The van der Waals surface area contributed by atoms with Gasteiger partial charge in [0, 0.05) is 6.54 Å². The van der Waals surface area contributed by atoms with Gasteiger partial charge in [0.2, 0.25) is 0 Å². The summed E-state index contributed by atoms with van der Waals surface area (Å²) in [5.41, 5.74) is 1.76. The number of hydrogen-bond donors (Lipinski definition) is 1. The quantitative estimate of drug-likeness (QED) is 0.928. The molecule has 23 heavy (non-hydrogen) atoms. The number of amides is 1. The van der Waals surface area contributed by atoms with Crippen LogP contribution in [-0.4, -0.2) is 40.3 Å². The van der Waals surface area contributed by atoms with Gasteiger partial charge in [0.25, 0.3) is 0 Å². The maximum absolute atomic E-state index is 12.3. The number of aliphatic carboxylic acids is 1. The van der Waals surface area contributed by atoms with Crippen LogP contribution in [0.2, 0.25) is 0 Å². The summed E-state index contributed by atoms with van der Waals surface area (Å²) < 4.78 is 5.35. The molecule has 1 saturated heterocycles. The first-order valence-electron chi connectivity index (χ1n) is 7.94. The minimum absolute atomic E-state index is 0.129. The average Bonchev–Trinajstić information content (AvgIpc) is 2.84. The zero-order valence-electron chi connectivity index (χ0n) is 14.2. The van der Waals surface area contributed by atoms with E-state index in [-0.39, 0.29) is 5.92 Å². The first kappa shape index (κ1) is 17.3. The summed E-state index contributed by atoms with van der Waals surface area (Å²) in [4.78, 5) is 25.1. The highest BCUT2D eigenvalue weighted by molar-refractivity contribution is 5.81. The van der Waals surface area contributed by atoms with E-state index in [1.54, 1.807) is 20.8 Å². The molecule has 1 aliphatic heterocycles. The SMILES string of the molecule is Cc1ccccc1C[C@@H]1C[C@@H](C(=O)O)N(C(=O)OC(C)(C)C)C1. The summed E-state index contributed by atoms with van der Waals surface area (Å²) in [7, 11) is 0. The van der Waals surface area contributed by atoms with Crippen LogP contribution < -0.4 is 0 Å². The number of carboxylic acid groups (broad SMARTS) is 1. The Hall–Kier alpha value is -2.04. The molecule has 1 fully saturated rings. The highest BCUT2D eigenvalue weighted by Gasteiger charge is 2.41. The van der Waals surface area contributed by atoms with Gasteiger partial charge in [-0.05, 0) is 57.6 Å². The maximum Gasteiger partial charge on any atom is 0.411 e. The van der Waals surface area contributed by atoms with Crippen molar-refractivity contribution in [3.8, 4) is 0 Å². The number of ether oxygens (including phenoxy) is 1. The lowest BCUT2D eigenvalue weighted by Gasteiger charge is -2.26. The molecule has 1 aromatic rings. The zero-order chi connectivity index (χ0) is 17.2. The van der Waals surface area contributed by atoms with Crippen LogP contribution in [0.1, 0.15) is 38.3 Å². The molecule has 1 aromatic carbocycles. The topological polar surface area (TPSA) is 66.8 Å². The van der Waals surface area contributed by atoms with Crippen LogP contribution >= 0.6 is 0 Å².